The molecule has 0 spiro atoms. The van der Waals surface area contributed by atoms with E-state index in [4.69, 9.17) is 11.6 Å². The van der Waals surface area contributed by atoms with Crippen LogP contribution in [0.1, 0.15) is 30.0 Å². The molecule has 0 amide bonds. The van der Waals surface area contributed by atoms with E-state index in [1.54, 1.807) is 0 Å². The fourth-order valence-corrected chi connectivity index (χ4v) is 1.88. The van der Waals surface area contributed by atoms with Gasteiger partial charge in [0.05, 0.1) is 0 Å². The Balaban J connectivity index is 2.60. The lowest BCUT2D eigenvalue weighted by molar-refractivity contribution is 0.538. The molecule has 0 saturated carbocycles. The highest BCUT2D eigenvalue weighted by molar-refractivity contribution is 6.18. The Morgan fingerprint density at radius 2 is 2.07 bits per heavy atom. The zero-order valence-corrected chi connectivity index (χ0v) is 10.6. The van der Waals surface area contributed by atoms with E-state index in [9.17, 15) is 0 Å². The van der Waals surface area contributed by atoms with Gasteiger partial charge < -0.3 is 5.32 Å². The standard InChI is InChI=1S/C13H20ClN/c1-4-13(8-14)15-9-12-7-10(2)5-6-11(12)3/h5-7,13,15H,4,8-9H2,1-3H3. The highest BCUT2D eigenvalue weighted by Crippen LogP contribution is 2.10. The summed E-state index contributed by atoms with van der Waals surface area (Å²) in [5.41, 5.74) is 4.03. The van der Waals surface area contributed by atoms with E-state index < -0.39 is 0 Å². The minimum Gasteiger partial charge on any atom is -0.309 e. The number of hydrogen-bond donors (Lipinski definition) is 1. The molecule has 0 aromatic heterocycles. The molecule has 0 aliphatic heterocycles. The van der Waals surface area contributed by atoms with Crippen molar-refractivity contribution in [2.75, 3.05) is 5.88 Å². The summed E-state index contributed by atoms with van der Waals surface area (Å²) < 4.78 is 0. The molecule has 1 unspecified atom stereocenters. The van der Waals surface area contributed by atoms with Crippen molar-refractivity contribution in [3.8, 4) is 0 Å². The Bertz CT molecular complexity index is 305. The molecule has 0 aliphatic rings. The fraction of sp³-hybridized carbons (Fsp3) is 0.538. The normalized spacial score (nSPS) is 12.8. The van der Waals surface area contributed by atoms with Crippen LogP contribution in [0.2, 0.25) is 0 Å². The van der Waals surface area contributed by atoms with Gasteiger partial charge in [0.2, 0.25) is 0 Å². The van der Waals surface area contributed by atoms with E-state index in [1.807, 2.05) is 0 Å². The van der Waals surface area contributed by atoms with E-state index in [1.165, 1.54) is 16.7 Å². The van der Waals surface area contributed by atoms with E-state index in [-0.39, 0.29) is 0 Å². The topological polar surface area (TPSA) is 12.0 Å². The monoisotopic (exact) mass is 225 g/mol. The van der Waals surface area contributed by atoms with Crippen molar-refractivity contribution < 1.29 is 0 Å². The number of nitrogens with one attached hydrogen (secondary N) is 1. The third-order valence-electron chi connectivity index (χ3n) is 2.76. The maximum atomic E-state index is 5.84. The van der Waals surface area contributed by atoms with Gasteiger partial charge in [0, 0.05) is 18.5 Å². The van der Waals surface area contributed by atoms with Crippen molar-refractivity contribution in [3.63, 3.8) is 0 Å². The number of benzene rings is 1. The largest absolute Gasteiger partial charge is 0.309 e. The van der Waals surface area contributed by atoms with Crippen LogP contribution in [0.15, 0.2) is 18.2 Å². The van der Waals surface area contributed by atoms with Crippen LogP contribution in [-0.2, 0) is 6.54 Å². The van der Waals surface area contributed by atoms with Crippen LogP contribution in [0.4, 0.5) is 0 Å². The van der Waals surface area contributed by atoms with Gasteiger partial charge in [0.15, 0.2) is 0 Å². The molecule has 15 heavy (non-hydrogen) atoms. The number of aryl methyl sites for hydroxylation is 2. The fourth-order valence-electron chi connectivity index (χ4n) is 1.55. The minimum atomic E-state index is 0.423. The maximum absolute atomic E-state index is 5.84. The Morgan fingerprint density at radius 3 is 2.67 bits per heavy atom. The molecule has 1 N–H and O–H groups in total. The van der Waals surface area contributed by atoms with Crippen LogP contribution in [0, 0.1) is 13.8 Å². The Labute approximate surface area is 97.8 Å². The first-order valence-electron chi connectivity index (χ1n) is 5.52. The molecule has 0 aliphatic carbocycles. The first-order chi connectivity index (χ1) is 7.17. The zero-order chi connectivity index (χ0) is 11.3. The van der Waals surface area contributed by atoms with Gasteiger partial charge in [-0.1, -0.05) is 30.7 Å². The Kier molecular flexibility index (Phi) is 5.13. The van der Waals surface area contributed by atoms with E-state index in [2.05, 4.69) is 44.3 Å². The molecule has 84 valence electrons. The van der Waals surface area contributed by atoms with Crippen molar-refractivity contribution in [1.82, 2.24) is 5.32 Å². The van der Waals surface area contributed by atoms with E-state index in [0.29, 0.717) is 11.9 Å². The SMILES string of the molecule is CCC(CCl)NCc1cc(C)ccc1C. The molecule has 0 heterocycles. The Hall–Kier alpha value is -0.530. The smallest absolute Gasteiger partial charge is 0.0377 e. The lowest BCUT2D eigenvalue weighted by Gasteiger charge is -2.15. The third kappa shape index (κ3) is 3.84. The van der Waals surface area contributed by atoms with Crippen LogP contribution in [0.3, 0.4) is 0 Å². The summed E-state index contributed by atoms with van der Waals surface area (Å²) in [4.78, 5) is 0. The molecule has 0 fully saturated rings. The number of hydrogen-bond acceptors (Lipinski definition) is 1. The molecule has 1 aromatic carbocycles. The van der Waals surface area contributed by atoms with E-state index in [0.717, 1.165) is 13.0 Å². The summed E-state index contributed by atoms with van der Waals surface area (Å²) in [5.74, 6) is 0.682. The van der Waals surface area contributed by atoms with Crippen LogP contribution in [0.5, 0.6) is 0 Å². The molecule has 1 rings (SSSR count). The van der Waals surface area contributed by atoms with E-state index >= 15 is 0 Å². The molecule has 0 radical (unpaired) electrons. The molecular formula is C13H20ClN. The minimum absolute atomic E-state index is 0.423. The van der Waals surface area contributed by atoms with Crippen LogP contribution >= 0.6 is 11.6 Å². The molecule has 0 bridgehead atoms. The molecular weight excluding hydrogens is 206 g/mol. The number of halogens is 1. The van der Waals surface area contributed by atoms with Crippen molar-refractivity contribution >= 4 is 11.6 Å². The van der Waals surface area contributed by atoms with Gasteiger partial charge >= 0.3 is 0 Å². The first kappa shape index (κ1) is 12.5. The van der Waals surface area contributed by atoms with Gasteiger partial charge in [-0.25, -0.2) is 0 Å². The van der Waals surface area contributed by atoms with Gasteiger partial charge in [-0.2, -0.15) is 0 Å². The lowest BCUT2D eigenvalue weighted by atomic mass is 10.1. The van der Waals surface area contributed by atoms with Crippen LogP contribution in [0.25, 0.3) is 0 Å². The molecule has 1 aromatic rings. The second-order valence-electron chi connectivity index (χ2n) is 4.07. The summed E-state index contributed by atoms with van der Waals surface area (Å²) in [6.45, 7) is 7.35. The molecule has 1 atom stereocenters. The average Bonchev–Trinajstić information content (AvgIpc) is 2.24. The summed E-state index contributed by atoms with van der Waals surface area (Å²) in [5, 5.41) is 3.47. The summed E-state index contributed by atoms with van der Waals surface area (Å²) in [6.07, 6.45) is 1.08. The van der Waals surface area contributed by atoms with Crippen LogP contribution < -0.4 is 5.32 Å². The highest BCUT2D eigenvalue weighted by atomic mass is 35.5. The van der Waals surface area contributed by atoms with Gasteiger partial charge in [-0.3, -0.25) is 0 Å². The number of rotatable bonds is 5. The summed E-state index contributed by atoms with van der Waals surface area (Å²) in [6, 6.07) is 6.99. The maximum Gasteiger partial charge on any atom is 0.0377 e. The predicted molar refractivity (Wildman–Crippen MR) is 67.6 cm³/mol. The summed E-state index contributed by atoms with van der Waals surface area (Å²) >= 11 is 5.84. The third-order valence-corrected chi connectivity index (χ3v) is 3.14. The van der Waals surface area contributed by atoms with Crippen molar-refractivity contribution in [2.24, 2.45) is 0 Å². The van der Waals surface area contributed by atoms with Crippen molar-refractivity contribution in [1.29, 1.82) is 0 Å². The van der Waals surface area contributed by atoms with Gasteiger partial charge in [-0.15, -0.1) is 11.6 Å². The second-order valence-corrected chi connectivity index (χ2v) is 4.38. The summed E-state index contributed by atoms with van der Waals surface area (Å²) in [7, 11) is 0. The van der Waals surface area contributed by atoms with Gasteiger partial charge in [-0.05, 0) is 31.4 Å². The Morgan fingerprint density at radius 1 is 1.33 bits per heavy atom. The van der Waals surface area contributed by atoms with Gasteiger partial charge in [0.25, 0.3) is 0 Å². The lowest BCUT2D eigenvalue weighted by Crippen LogP contribution is -2.29. The van der Waals surface area contributed by atoms with Gasteiger partial charge in [0.1, 0.15) is 0 Å². The predicted octanol–water partition coefficient (Wildman–Crippen LogP) is 3.41. The molecule has 0 saturated heterocycles. The zero-order valence-electron chi connectivity index (χ0n) is 9.81. The highest BCUT2D eigenvalue weighted by Gasteiger charge is 2.04. The quantitative estimate of drug-likeness (QED) is 0.758. The van der Waals surface area contributed by atoms with Crippen molar-refractivity contribution in [3.05, 3.63) is 34.9 Å². The molecule has 2 heteroatoms. The van der Waals surface area contributed by atoms with Crippen molar-refractivity contribution in [2.45, 2.75) is 39.8 Å². The number of alkyl halides is 1. The second kappa shape index (κ2) is 6.14. The average molecular weight is 226 g/mol. The molecule has 1 nitrogen and oxygen atoms in total. The van der Waals surface area contributed by atoms with Crippen LogP contribution in [-0.4, -0.2) is 11.9 Å². The first-order valence-corrected chi connectivity index (χ1v) is 6.06.